The van der Waals surface area contributed by atoms with Crippen LogP contribution in [0.4, 0.5) is 4.39 Å². The van der Waals surface area contributed by atoms with Gasteiger partial charge < -0.3 is 0 Å². The smallest absolute Gasteiger partial charge is 0.108 e. The molecule has 108 valence electrons. The van der Waals surface area contributed by atoms with Crippen molar-refractivity contribution >= 4 is 0 Å². The second-order valence-corrected chi connectivity index (χ2v) is 6.43. The molecule has 0 bridgehead atoms. The highest BCUT2D eigenvalue weighted by molar-refractivity contribution is 5.54. The van der Waals surface area contributed by atoms with Gasteiger partial charge in [0.15, 0.2) is 0 Å². The first-order chi connectivity index (χ1) is 9.65. The maximum atomic E-state index is 14.0. The van der Waals surface area contributed by atoms with Crippen LogP contribution >= 0.6 is 0 Å². The third kappa shape index (κ3) is 2.95. The lowest BCUT2D eigenvalue weighted by Crippen LogP contribution is -2.33. The van der Waals surface area contributed by atoms with Crippen LogP contribution in [0.5, 0.6) is 0 Å². The molecule has 0 unspecified atom stereocenters. The highest BCUT2D eigenvalue weighted by Gasteiger charge is 2.27. The zero-order chi connectivity index (χ0) is 14.1. The van der Waals surface area contributed by atoms with Crippen molar-refractivity contribution in [1.29, 1.82) is 0 Å². The van der Waals surface area contributed by atoms with Crippen LogP contribution in [-0.4, -0.2) is 24.5 Å². The molecule has 2 aliphatic carbocycles. The summed E-state index contributed by atoms with van der Waals surface area (Å²) in [5.74, 6) is 0.951. The molecule has 2 heteroatoms. The Balaban J connectivity index is 1.72. The lowest BCUT2D eigenvalue weighted by molar-refractivity contribution is 0.275. The van der Waals surface area contributed by atoms with Crippen molar-refractivity contribution in [3.05, 3.63) is 46.9 Å². The molecule has 0 aromatic heterocycles. The van der Waals surface area contributed by atoms with Gasteiger partial charge in [0, 0.05) is 31.6 Å². The highest BCUT2D eigenvalue weighted by Crippen LogP contribution is 2.35. The molecule has 0 saturated heterocycles. The summed E-state index contributed by atoms with van der Waals surface area (Å²) in [6.45, 7) is 9.73. The van der Waals surface area contributed by atoms with Gasteiger partial charge in [0.05, 0.1) is 0 Å². The second kappa shape index (κ2) is 5.69. The van der Waals surface area contributed by atoms with E-state index in [2.05, 4.69) is 24.5 Å². The summed E-state index contributed by atoms with van der Waals surface area (Å²) in [6.07, 6.45) is 9.14. The van der Waals surface area contributed by atoms with Gasteiger partial charge in [-0.2, -0.15) is 0 Å². The van der Waals surface area contributed by atoms with Crippen LogP contribution in [0.25, 0.3) is 0 Å². The number of nitrogens with zero attached hydrogens (tertiary/aromatic N) is 1. The van der Waals surface area contributed by atoms with E-state index in [1.807, 2.05) is 6.08 Å². The highest BCUT2D eigenvalue weighted by atomic mass is 19.1. The first-order valence-electron chi connectivity index (χ1n) is 7.81. The molecule has 3 aliphatic rings. The zero-order valence-corrected chi connectivity index (χ0v) is 12.4. The van der Waals surface area contributed by atoms with Gasteiger partial charge in [-0.3, -0.25) is 4.90 Å². The second-order valence-electron chi connectivity index (χ2n) is 6.43. The Bertz CT molecular complexity index is 506. The predicted molar refractivity (Wildman–Crippen MR) is 82.1 cm³/mol. The molecule has 1 fully saturated rings. The summed E-state index contributed by atoms with van der Waals surface area (Å²) in [7, 11) is 0. The molecule has 0 radical (unpaired) electrons. The van der Waals surface area contributed by atoms with Crippen molar-refractivity contribution in [3.63, 3.8) is 0 Å². The van der Waals surface area contributed by atoms with Crippen LogP contribution < -0.4 is 0 Å². The minimum Gasteiger partial charge on any atom is -0.299 e. The molecule has 3 rings (SSSR count). The standard InChI is InChI=1S/C18H24FN/c1-13-11-20(12-15-7-8-15)10-9-16(13)14(2)17-5-3-4-6-18(17)19/h3,5,15H,2,4,6-12H2,1H3. The maximum absolute atomic E-state index is 14.0. The Morgan fingerprint density at radius 3 is 2.85 bits per heavy atom. The Morgan fingerprint density at radius 1 is 1.40 bits per heavy atom. The number of hydrogen-bond acceptors (Lipinski definition) is 1. The summed E-state index contributed by atoms with van der Waals surface area (Å²) >= 11 is 0. The van der Waals surface area contributed by atoms with Crippen molar-refractivity contribution in [2.75, 3.05) is 19.6 Å². The van der Waals surface area contributed by atoms with Crippen LogP contribution in [-0.2, 0) is 0 Å². The van der Waals surface area contributed by atoms with Gasteiger partial charge in [-0.1, -0.05) is 24.3 Å². The minimum atomic E-state index is 0.0122. The van der Waals surface area contributed by atoms with Gasteiger partial charge >= 0.3 is 0 Å². The van der Waals surface area contributed by atoms with Crippen LogP contribution in [0.3, 0.4) is 0 Å². The lowest BCUT2D eigenvalue weighted by Gasteiger charge is -2.31. The largest absolute Gasteiger partial charge is 0.299 e. The topological polar surface area (TPSA) is 3.24 Å². The number of rotatable bonds is 4. The lowest BCUT2D eigenvalue weighted by atomic mass is 9.88. The first-order valence-corrected chi connectivity index (χ1v) is 7.81. The number of hydrogen-bond donors (Lipinski definition) is 0. The Labute approximate surface area is 121 Å². The monoisotopic (exact) mass is 273 g/mol. The number of allylic oxidation sites excluding steroid dienone is 5. The molecular weight excluding hydrogens is 249 g/mol. The Morgan fingerprint density at radius 2 is 2.20 bits per heavy atom. The first kappa shape index (κ1) is 13.8. The average Bonchev–Trinajstić information content (AvgIpc) is 3.23. The summed E-state index contributed by atoms with van der Waals surface area (Å²) in [5, 5.41) is 0. The van der Waals surface area contributed by atoms with Crippen LogP contribution in [0, 0.1) is 5.92 Å². The summed E-state index contributed by atoms with van der Waals surface area (Å²) in [4.78, 5) is 2.55. The fourth-order valence-corrected chi connectivity index (χ4v) is 3.29. The molecule has 0 N–H and O–H groups in total. The Kier molecular flexibility index (Phi) is 3.93. The van der Waals surface area contributed by atoms with E-state index in [1.165, 1.54) is 30.5 Å². The van der Waals surface area contributed by atoms with Gasteiger partial charge in [-0.15, -0.1) is 0 Å². The van der Waals surface area contributed by atoms with E-state index >= 15 is 0 Å². The van der Waals surface area contributed by atoms with Crippen molar-refractivity contribution in [2.45, 2.75) is 39.0 Å². The summed E-state index contributed by atoms with van der Waals surface area (Å²) in [5.41, 5.74) is 4.32. The molecule has 1 saturated carbocycles. The SMILES string of the molecule is C=C(C1=C(F)CCC=C1)C1=C(C)CN(CC2CC2)CC1. The van der Waals surface area contributed by atoms with Crippen molar-refractivity contribution < 1.29 is 4.39 Å². The fraction of sp³-hybridized carbons (Fsp3) is 0.556. The van der Waals surface area contributed by atoms with Crippen molar-refractivity contribution in [2.24, 2.45) is 5.92 Å². The van der Waals surface area contributed by atoms with Crippen LogP contribution in [0.15, 0.2) is 46.9 Å². The Hall–Kier alpha value is -1.15. The number of halogens is 1. The van der Waals surface area contributed by atoms with E-state index in [-0.39, 0.29) is 5.83 Å². The fourth-order valence-electron chi connectivity index (χ4n) is 3.29. The van der Waals surface area contributed by atoms with E-state index in [9.17, 15) is 4.39 Å². The third-order valence-corrected chi connectivity index (χ3v) is 4.66. The zero-order valence-electron chi connectivity index (χ0n) is 12.4. The summed E-state index contributed by atoms with van der Waals surface area (Å²) < 4.78 is 14.0. The minimum absolute atomic E-state index is 0.0122. The summed E-state index contributed by atoms with van der Waals surface area (Å²) in [6, 6.07) is 0. The van der Waals surface area contributed by atoms with E-state index in [0.717, 1.165) is 43.0 Å². The molecular formula is C18H24FN. The van der Waals surface area contributed by atoms with Gasteiger partial charge in [0.1, 0.15) is 5.83 Å². The van der Waals surface area contributed by atoms with E-state index in [0.29, 0.717) is 6.42 Å². The van der Waals surface area contributed by atoms with E-state index < -0.39 is 0 Å². The molecule has 20 heavy (non-hydrogen) atoms. The van der Waals surface area contributed by atoms with Gasteiger partial charge in [0.25, 0.3) is 0 Å². The third-order valence-electron chi connectivity index (χ3n) is 4.66. The molecule has 0 aromatic carbocycles. The van der Waals surface area contributed by atoms with Crippen LogP contribution in [0.2, 0.25) is 0 Å². The van der Waals surface area contributed by atoms with Gasteiger partial charge in [-0.05, 0) is 49.7 Å². The molecule has 1 aliphatic heterocycles. The molecule has 0 amide bonds. The average molecular weight is 273 g/mol. The predicted octanol–water partition coefficient (Wildman–Crippen LogP) is 4.55. The molecule has 0 spiro atoms. The van der Waals surface area contributed by atoms with Crippen molar-refractivity contribution in [1.82, 2.24) is 4.90 Å². The quantitative estimate of drug-likeness (QED) is 0.726. The molecule has 0 atom stereocenters. The van der Waals surface area contributed by atoms with Gasteiger partial charge in [-0.25, -0.2) is 4.39 Å². The molecule has 0 aromatic rings. The normalized spacial score (nSPS) is 24.5. The van der Waals surface area contributed by atoms with E-state index in [1.54, 1.807) is 0 Å². The van der Waals surface area contributed by atoms with Gasteiger partial charge in [0.2, 0.25) is 0 Å². The van der Waals surface area contributed by atoms with Crippen molar-refractivity contribution in [3.8, 4) is 0 Å². The van der Waals surface area contributed by atoms with E-state index in [4.69, 9.17) is 0 Å². The molecule has 1 heterocycles. The maximum Gasteiger partial charge on any atom is 0.108 e. The molecule has 1 nitrogen and oxygen atoms in total. The van der Waals surface area contributed by atoms with Crippen LogP contribution in [0.1, 0.15) is 39.0 Å².